The topological polar surface area (TPSA) is 26.3 Å². The van der Waals surface area contributed by atoms with Gasteiger partial charge in [0, 0.05) is 13.0 Å². The number of carbonyl (C=O) groups is 1. The number of allylic oxidation sites excluding steroid dienone is 2. The molecule has 0 N–H and O–H groups in total. The third-order valence-electron chi connectivity index (χ3n) is 6.90. The van der Waals surface area contributed by atoms with Gasteiger partial charge in [0.2, 0.25) is 0 Å². The molecule has 0 aromatic carbocycles. The first-order chi connectivity index (χ1) is 14.5. The number of ketones is 1. The fraction of sp³-hybridized carbons (Fsp3) is 0.808. The summed E-state index contributed by atoms with van der Waals surface area (Å²) in [6.07, 6.45) is 17.1. The van der Waals surface area contributed by atoms with Crippen LogP contribution in [-0.2, 0) is 9.53 Å². The molecular formula is C26H42F2O2. The molecule has 0 bridgehead atoms. The molecular weight excluding hydrogens is 382 g/mol. The monoisotopic (exact) mass is 424 g/mol. The highest BCUT2D eigenvalue weighted by Crippen LogP contribution is 2.38. The molecule has 0 amide bonds. The number of carbonyl (C=O) groups excluding carboxylic acids is 1. The number of rotatable bonds is 14. The van der Waals surface area contributed by atoms with Gasteiger partial charge in [0.1, 0.15) is 5.83 Å². The first-order valence-electron chi connectivity index (χ1n) is 12.4. The molecule has 0 aromatic heterocycles. The van der Waals surface area contributed by atoms with E-state index in [4.69, 9.17) is 4.74 Å². The zero-order valence-electron chi connectivity index (χ0n) is 19.1. The van der Waals surface area contributed by atoms with E-state index in [1.807, 2.05) is 0 Å². The quantitative estimate of drug-likeness (QED) is 0.266. The summed E-state index contributed by atoms with van der Waals surface area (Å²) in [5.41, 5.74) is -1.78. The predicted octanol–water partition coefficient (Wildman–Crippen LogP) is 7.82. The molecule has 2 aliphatic carbocycles. The van der Waals surface area contributed by atoms with Crippen molar-refractivity contribution >= 4 is 5.78 Å². The minimum absolute atomic E-state index is 0.263. The maximum Gasteiger partial charge on any atom is 0.191 e. The predicted molar refractivity (Wildman–Crippen MR) is 120 cm³/mol. The summed E-state index contributed by atoms with van der Waals surface area (Å²) in [5.74, 6) is -0.178. The Morgan fingerprint density at radius 1 is 1.00 bits per heavy atom. The van der Waals surface area contributed by atoms with E-state index in [1.54, 1.807) is 0 Å². The van der Waals surface area contributed by atoms with E-state index in [-0.39, 0.29) is 24.7 Å². The third-order valence-corrected chi connectivity index (χ3v) is 6.90. The van der Waals surface area contributed by atoms with Gasteiger partial charge in [0.25, 0.3) is 0 Å². The van der Waals surface area contributed by atoms with E-state index in [0.717, 1.165) is 56.9 Å². The minimum Gasteiger partial charge on any atom is -0.359 e. The zero-order valence-corrected chi connectivity index (χ0v) is 19.1. The molecule has 30 heavy (non-hydrogen) atoms. The second kappa shape index (κ2) is 13.4. The maximum absolute atomic E-state index is 14.9. The highest BCUT2D eigenvalue weighted by atomic mass is 19.2. The molecule has 0 heterocycles. The van der Waals surface area contributed by atoms with Crippen LogP contribution in [0.1, 0.15) is 104 Å². The van der Waals surface area contributed by atoms with Crippen LogP contribution in [0.2, 0.25) is 0 Å². The Morgan fingerprint density at radius 3 is 2.33 bits per heavy atom. The Morgan fingerprint density at radius 2 is 1.63 bits per heavy atom. The van der Waals surface area contributed by atoms with Crippen LogP contribution < -0.4 is 0 Å². The smallest absolute Gasteiger partial charge is 0.191 e. The van der Waals surface area contributed by atoms with E-state index in [0.29, 0.717) is 0 Å². The van der Waals surface area contributed by atoms with Gasteiger partial charge < -0.3 is 4.74 Å². The SMILES string of the molecule is CCCCCCC[C@H]1CC[C@H](CC(=O)C2(OCCCCC)C=CC=C(F)C2F)CC1. The maximum atomic E-state index is 14.9. The first kappa shape index (κ1) is 25.2. The van der Waals surface area contributed by atoms with E-state index >= 15 is 0 Å². The minimum atomic E-state index is -2.03. The van der Waals surface area contributed by atoms with Crippen molar-refractivity contribution in [3.05, 3.63) is 24.1 Å². The van der Waals surface area contributed by atoms with Gasteiger partial charge in [0.05, 0.1) is 0 Å². The normalized spacial score (nSPS) is 29.1. The number of alkyl halides is 1. The van der Waals surface area contributed by atoms with Crippen LogP contribution in [0.4, 0.5) is 8.78 Å². The molecule has 1 saturated carbocycles. The fourth-order valence-electron chi connectivity index (χ4n) is 4.87. The Kier molecular flexibility index (Phi) is 11.3. The van der Waals surface area contributed by atoms with Gasteiger partial charge in [-0.3, -0.25) is 4.79 Å². The highest BCUT2D eigenvalue weighted by Gasteiger charge is 2.49. The molecule has 2 unspecified atom stereocenters. The number of unbranched alkanes of at least 4 members (excludes halogenated alkanes) is 6. The molecule has 0 aromatic rings. The summed E-state index contributed by atoms with van der Waals surface area (Å²) in [4.78, 5) is 13.2. The van der Waals surface area contributed by atoms with E-state index < -0.39 is 17.6 Å². The number of hydrogen-bond donors (Lipinski definition) is 0. The van der Waals surface area contributed by atoms with Gasteiger partial charge in [-0.25, -0.2) is 8.78 Å². The van der Waals surface area contributed by atoms with Crippen molar-refractivity contribution in [2.75, 3.05) is 6.61 Å². The van der Waals surface area contributed by atoms with Crippen molar-refractivity contribution in [1.82, 2.24) is 0 Å². The number of Topliss-reactive ketones (excluding diaryl/α,β-unsaturated/α-hetero) is 1. The molecule has 4 heteroatoms. The van der Waals surface area contributed by atoms with Crippen LogP contribution in [0.5, 0.6) is 0 Å². The van der Waals surface area contributed by atoms with Crippen LogP contribution in [0, 0.1) is 11.8 Å². The fourth-order valence-corrected chi connectivity index (χ4v) is 4.87. The van der Waals surface area contributed by atoms with Gasteiger partial charge in [-0.05, 0) is 43.3 Å². The highest BCUT2D eigenvalue weighted by molar-refractivity contribution is 5.91. The van der Waals surface area contributed by atoms with Gasteiger partial charge in [0.15, 0.2) is 17.6 Å². The third kappa shape index (κ3) is 7.28. The van der Waals surface area contributed by atoms with Crippen LogP contribution in [-0.4, -0.2) is 24.2 Å². The molecule has 1 fully saturated rings. The number of hydrogen-bond acceptors (Lipinski definition) is 2. The van der Waals surface area contributed by atoms with Crippen molar-refractivity contribution in [3.8, 4) is 0 Å². The molecule has 2 rings (SSSR count). The zero-order chi connectivity index (χ0) is 21.8. The van der Waals surface area contributed by atoms with Crippen molar-refractivity contribution in [1.29, 1.82) is 0 Å². The molecule has 2 nitrogen and oxygen atoms in total. The lowest BCUT2D eigenvalue weighted by Crippen LogP contribution is -2.50. The summed E-state index contributed by atoms with van der Waals surface area (Å²) < 4.78 is 34.7. The Hall–Kier alpha value is -1.03. The van der Waals surface area contributed by atoms with Crippen molar-refractivity contribution in [2.24, 2.45) is 11.8 Å². The lowest BCUT2D eigenvalue weighted by atomic mass is 9.75. The van der Waals surface area contributed by atoms with Crippen LogP contribution in [0.3, 0.4) is 0 Å². The summed E-state index contributed by atoms with van der Waals surface area (Å²) in [7, 11) is 0. The summed E-state index contributed by atoms with van der Waals surface area (Å²) in [6, 6.07) is 0. The molecule has 2 aliphatic rings. The van der Waals surface area contributed by atoms with Crippen molar-refractivity contribution in [2.45, 2.75) is 116 Å². The second-order valence-corrected chi connectivity index (χ2v) is 9.34. The van der Waals surface area contributed by atoms with Gasteiger partial charge >= 0.3 is 0 Å². The Labute approximate surface area is 182 Å². The van der Waals surface area contributed by atoms with Gasteiger partial charge in [-0.15, -0.1) is 0 Å². The summed E-state index contributed by atoms with van der Waals surface area (Å²) in [6.45, 7) is 4.59. The Bertz CT molecular complexity index is 563. The van der Waals surface area contributed by atoms with Crippen LogP contribution in [0.15, 0.2) is 24.1 Å². The van der Waals surface area contributed by atoms with Gasteiger partial charge in [-0.1, -0.05) is 84.1 Å². The standard InChI is InChI=1S/C26H42F2O2/c1-3-5-7-8-9-12-21-14-16-22(17-15-21)20-24(29)26(30-19-10-6-4-2)18-11-13-23(27)25(26)28/h11,13,18,21-22,25H,3-10,12,14-17,19-20H2,1-2H3/t21-,22-,25?,26?. The number of ether oxygens (including phenoxy) is 1. The average molecular weight is 425 g/mol. The molecule has 0 spiro atoms. The summed E-state index contributed by atoms with van der Waals surface area (Å²) in [5, 5.41) is 0. The molecule has 0 aliphatic heterocycles. The molecule has 172 valence electrons. The average Bonchev–Trinajstić information content (AvgIpc) is 2.75. The van der Waals surface area contributed by atoms with Gasteiger partial charge in [-0.2, -0.15) is 0 Å². The van der Waals surface area contributed by atoms with E-state index in [9.17, 15) is 13.6 Å². The molecule has 0 radical (unpaired) electrons. The number of halogens is 2. The van der Waals surface area contributed by atoms with E-state index in [2.05, 4.69) is 13.8 Å². The van der Waals surface area contributed by atoms with Crippen molar-refractivity contribution in [3.63, 3.8) is 0 Å². The summed E-state index contributed by atoms with van der Waals surface area (Å²) >= 11 is 0. The van der Waals surface area contributed by atoms with Crippen molar-refractivity contribution < 1.29 is 18.3 Å². The first-order valence-corrected chi connectivity index (χ1v) is 12.4. The van der Waals surface area contributed by atoms with Crippen LogP contribution >= 0.6 is 0 Å². The van der Waals surface area contributed by atoms with Crippen LogP contribution in [0.25, 0.3) is 0 Å². The largest absolute Gasteiger partial charge is 0.359 e. The molecule has 0 saturated heterocycles. The Balaban J connectivity index is 1.84. The van der Waals surface area contributed by atoms with E-state index in [1.165, 1.54) is 50.7 Å². The lowest BCUT2D eigenvalue weighted by Gasteiger charge is -2.36. The lowest BCUT2D eigenvalue weighted by molar-refractivity contribution is -0.147. The second-order valence-electron chi connectivity index (χ2n) is 9.34. The molecule has 2 atom stereocenters.